The number of nitrogens with one attached hydrogen (secondary N) is 1. The van der Waals surface area contributed by atoms with E-state index >= 15 is 8.78 Å². The molecule has 672 valence electrons. The summed E-state index contributed by atoms with van der Waals surface area (Å²) >= 11 is 25.6. The molecular formula is C87H99Cl4F3N16O16. The van der Waals surface area contributed by atoms with Gasteiger partial charge in [-0.05, 0) is 119 Å². The van der Waals surface area contributed by atoms with Crippen LogP contribution in [0.15, 0.2) is 144 Å². The fourth-order valence-electron chi connectivity index (χ4n) is 15.8. The Morgan fingerprint density at radius 1 is 0.460 bits per heavy atom. The zero-order valence-electron chi connectivity index (χ0n) is 69.4. The molecule has 8 N–H and O–H groups in total. The number of carbonyl (C=O) groups is 7. The smallest absolute Gasteiger partial charge is 0.410 e. The summed E-state index contributed by atoms with van der Waals surface area (Å²) in [6, 6.07) is 22.8. The van der Waals surface area contributed by atoms with Gasteiger partial charge < -0.3 is 84.4 Å². The first-order valence-corrected chi connectivity index (χ1v) is 43.0. The predicted molar refractivity (Wildman–Crippen MR) is 468 cm³/mol. The van der Waals surface area contributed by atoms with Crippen LogP contribution >= 0.6 is 46.4 Å². The first kappa shape index (κ1) is 94.1. The Morgan fingerprint density at radius 2 is 0.770 bits per heavy atom. The number of pyridine rings is 6. The maximum absolute atomic E-state index is 15.3. The second kappa shape index (κ2) is 43.5. The number of rotatable bonds is 19. The van der Waals surface area contributed by atoms with Crippen LogP contribution < -0.4 is 42.7 Å². The second-order valence-corrected chi connectivity index (χ2v) is 33.5. The van der Waals surface area contributed by atoms with Crippen LogP contribution in [-0.2, 0) is 32.3 Å². The lowest BCUT2D eigenvalue weighted by molar-refractivity contribution is -0.283. The molecule has 32 nitrogen and oxygen atoms in total. The molecule has 0 spiro atoms. The molecule has 12 heterocycles. The Hall–Kier alpha value is -11.0. The first-order valence-electron chi connectivity index (χ1n) is 41.5. The largest absolute Gasteiger partial charge is 0.554 e. The number of aromatic carboxylic acids is 3. The van der Waals surface area contributed by atoms with Gasteiger partial charge in [0.15, 0.2) is 34.2 Å². The summed E-state index contributed by atoms with van der Waals surface area (Å²) < 4.78 is 59.7. The SMILES string of the molecule is O=C(O)c1cn(C2CC2)c2nc(Cl)c(F)cc2c1=O.O=C(O)c1cn(C2CC2)c2nc(N3CCC(=C(Cl)CN4CCN(C(=O)OCc5ccccc5)CC4)CC3)c(F)cc2c1=O.O=C(OCc1ccccc1)N1CCN(CC(Cl)=C2CCNCC2)CC1.O=CN1CCN(CC(Cl)=C2CCN(c3nc4c(cc3F)c(=O)c(C(=O)O)cn4C3CC3)CC2)CC1.O=C[O-].[NH4+]. The van der Waals surface area contributed by atoms with Crippen molar-refractivity contribution in [3.05, 3.63) is 210 Å². The number of benzene rings is 2. The third kappa shape index (κ3) is 23.8. The molecule has 126 heavy (non-hydrogen) atoms. The van der Waals surface area contributed by atoms with Crippen molar-refractivity contribution in [1.29, 1.82) is 0 Å². The number of nitrogens with zero attached hydrogens (tertiary/aromatic N) is 14. The Balaban J connectivity index is 0.000000157. The van der Waals surface area contributed by atoms with E-state index in [0.717, 1.165) is 159 Å². The number of carbonyl (C=O) groups excluding carboxylic acids is 4. The lowest BCUT2D eigenvalue weighted by Crippen LogP contribution is -2.49. The van der Waals surface area contributed by atoms with Gasteiger partial charge in [0.2, 0.25) is 22.7 Å². The molecule has 3 amide bonds. The Morgan fingerprint density at radius 3 is 1.09 bits per heavy atom. The van der Waals surface area contributed by atoms with E-state index in [4.69, 9.17) is 70.9 Å². The van der Waals surface area contributed by atoms with Gasteiger partial charge in [0, 0.05) is 183 Å². The highest BCUT2D eigenvalue weighted by molar-refractivity contribution is 6.31. The van der Waals surface area contributed by atoms with Gasteiger partial charge in [-0.15, -0.1) is 0 Å². The number of piperidine rings is 3. The molecule has 0 unspecified atom stereocenters. The molecule has 17 rings (SSSR count). The number of carboxylic acids is 3. The van der Waals surface area contributed by atoms with Gasteiger partial charge in [-0.25, -0.2) is 52.1 Å². The molecule has 39 heteroatoms. The summed E-state index contributed by atoms with van der Waals surface area (Å²) in [7, 11) is 0. The van der Waals surface area contributed by atoms with Gasteiger partial charge in [0.1, 0.15) is 46.8 Å². The van der Waals surface area contributed by atoms with Crippen LogP contribution in [0.1, 0.15) is 137 Å². The van der Waals surface area contributed by atoms with Crippen LogP contribution in [0.5, 0.6) is 0 Å². The third-order valence-electron chi connectivity index (χ3n) is 23.3. The quantitative estimate of drug-likeness (QED) is 0.0371. The number of fused-ring (bicyclic) bond motifs is 3. The fraction of sp³-hybridized carbons (Fsp3) is 0.437. The molecule has 6 saturated heterocycles. The Kier molecular flexibility index (Phi) is 32.5. The standard InChI is InChI=1S/C31H33ClFN5O5.C24H27ClFN5O4.C19H26ClN3O2.C12H8ClFN2O3.CH2O2.H3N/c32-25(18-35-12-14-37(15-13-35)31(42)43-19-20-4-2-1-3-5-20)21-8-10-36(11-9-21)29-26(33)16-23-27(39)24(30(40)41)17-38(22-6-7-22)28(23)34-29;25-19(13-28-7-9-29(14-32)10-8-28)15-3-5-30(6-4-15)23-20(26)11-17-21(33)18(24(34)35)12-31(16-1-2-16)22(17)27-23;20-18(17-6-8-21-9-7-17)14-22-10-12-23(13-11-22)19(24)25-15-16-4-2-1-3-5-16;13-10-8(14)3-6-9(17)7(12(18)19)4-16(5-1-2-5)11(6)15-10;2-1-3;/h1-5,16-17,22H,6-15,18-19H2,(H,40,41);11-12,14,16H,1-10,13H2,(H,34,35);1-5,21H,6-15H2;3-5H,1-2H2,(H,18,19);1H,(H,2,3);1H3. The van der Waals surface area contributed by atoms with Crippen molar-refractivity contribution >= 4 is 134 Å². The summed E-state index contributed by atoms with van der Waals surface area (Å²) in [4.78, 5) is 144. The highest BCUT2D eigenvalue weighted by atomic mass is 35.5. The summed E-state index contributed by atoms with van der Waals surface area (Å²) in [5.41, 5.74) is 3.15. The molecule has 9 fully saturated rings. The van der Waals surface area contributed by atoms with E-state index in [1.165, 1.54) is 24.2 Å². The Bertz CT molecular complexity index is 5610. The number of amides is 3. The predicted octanol–water partition coefficient (Wildman–Crippen LogP) is 10.8. The van der Waals surface area contributed by atoms with E-state index in [1.807, 2.05) is 70.5 Å². The maximum atomic E-state index is 15.3. The first-order chi connectivity index (χ1) is 60.3. The van der Waals surface area contributed by atoms with Crippen LogP contribution in [0.4, 0.5) is 34.4 Å². The number of carboxylic acid groups (broad SMARTS) is 4. The van der Waals surface area contributed by atoms with Gasteiger partial charge in [-0.2, -0.15) is 0 Å². The van der Waals surface area contributed by atoms with Crippen LogP contribution in [0, 0.1) is 17.5 Å². The summed E-state index contributed by atoms with van der Waals surface area (Å²) in [6.45, 7) is 14.8. The molecule has 3 aliphatic carbocycles. The van der Waals surface area contributed by atoms with E-state index < -0.39 is 58.1 Å². The van der Waals surface area contributed by atoms with Crippen molar-refractivity contribution in [3.8, 4) is 0 Å². The zero-order chi connectivity index (χ0) is 88.7. The number of quaternary nitrogens is 1. The lowest BCUT2D eigenvalue weighted by Gasteiger charge is -2.35. The molecule has 0 radical (unpaired) electrons. The molecule has 0 bridgehead atoms. The number of halogens is 7. The third-order valence-corrected chi connectivity index (χ3v) is 24.7. The van der Waals surface area contributed by atoms with E-state index in [9.17, 15) is 57.8 Å². The molecule has 2 aromatic carbocycles. The number of anilines is 2. The van der Waals surface area contributed by atoms with Crippen molar-refractivity contribution in [2.24, 2.45) is 0 Å². The molecule has 9 aliphatic rings. The number of aromatic nitrogens is 6. The monoisotopic (exact) mass is 1820 g/mol. The van der Waals surface area contributed by atoms with Gasteiger partial charge in [0.05, 0.1) is 16.2 Å². The summed E-state index contributed by atoms with van der Waals surface area (Å²) in [6.07, 6.45) is 14.2. The van der Waals surface area contributed by atoms with Gasteiger partial charge in [0.25, 0.3) is 0 Å². The molecule has 6 aromatic heterocycles. The van der Waals surface area contributed by atoms with E-state index in [0.29, 0.717) is 135 Å². The van der Waals surface area contributed by atoms with E-state index in [2.05, 4.69) is 35.0 Å². The van der Waals surface area contributed by atoms with Crippen LogP contribution in [0.2, 0.25) is 5.15 Å². The average molecular weight is 1820 g/mol. The van der Waals surface area contributed by atoms with Crippen molar-refractivity contribution in [2.45, 2.75) is 108 Å². The van der Waals surface area contributed by atoms with Crippen molar-refractivity contribution < 1.29 is 76.6 Å². The van der Waals surface area contributed by atoms with Gasteiger partial charge in [-0.3, -0.25) is 33.9 Å². The van der Waals surface area contributed by atoms with Crippen LogP contribution in [-0.4, -0.2) is 254 Å². The lowest BCUT2D eigenvalue weighted by atomic mass is 10.0. The van der Waals surface area contributed by atoms with Gasteiger partial charge in [-0.1, -0.05) is 124 Å². The number of hydrogen-bond donors (Lipinski definition) is 5. The minimum absolute atomic E-state index is 0. The fourth-order valence-corrected chi connectivity index (χ4v) is 17.0. The van der Waals surface area contributed by atoms with E-state index in [-0.39, 0.29) is 98.4 Å². The number of hydrogen-bond acceptors (Lipinski definition) is 22. The minimum atomic E-state index is -1.34. The summed E-state index contributed by atoms with van der Waals surface area (Å²) in [5, 5.41) is 41.7. The van der Waals surface area contributed by atoms with Crippen LogP contribution in [0.25, 0.3) is 33.1 Å². The molecule has 0 atom stereocenters. The maximum Gasteiger partial charge on any atom is 0.410 e. The molecule has 6 aliphatic heterocycles. The normalized spacial score (nSPS) is 17.5. The molecular weight excluding hydrogens is 1720 g/mol. The van der Waals surface area contributed by atoms with E-state index in [1.54, 1.807) is 28.4 Å². The minimum Gasteiger partial charge on any atom is -0.554 e. The van der Waals surface area contributed by atoms with Crippen molar-refractivity contribution in [3.63, 3.8) is 0 Å². The molecule has 8 aromatic rings. The number of ether oxygens (including phenoxy) is 2. The average Bonchev–Trinajstić information content (AvgIpc) is 1.43. The van der Waals surface area contributed by atoms with Crippen molar-refractivity contribution in [2.75, 3.05) is 147 Å². The highest BCUT2D eigenvalue weighted by Gasteiger charge is 2.35. The summed E-state index contributed by atoms with van der Waals surface area (Å²) in [5.74, 6) is -5.77. The van der Waals surface area contributed by atoms with Crippen LogP contribution in [0.3, 0.4) is 0 Å². The zero-order valence-corrected chi connectivity index (χ0v) is 72.5. The van der Waals surface area contributed by atoms with Gasteiger partial charge >= 0.3 is 30.1 Å². The second-order valence-electron chi connectivity index (χ2n) is 31.8. The van der Waals surface area contributed by atoms with Crippen molar-refractivity contribution in [1.82, 2.24) is 69.5 Å². The molecule has 3 saturated carbocycles. The number of piperazine rings is 3. The Labute approximate surface area is 742 Å². The highest BCUT2D eigenvalue weighted by Crippen LogP contribution is 2.41. The topological polar surface area (TPSA) is 401 Å².